The molecule has 0 bridgehead atoms. The van der Waals surface area contributed by atoms with E-state index in [9.17, 15) is 4.79 Å². The molecule has 1 aromatic heterocycles. The van der Waals surface area contributed by atoms with E-state index in [2.05, 4.69) is 9.88 Å². The minimum atomic E-state index is -0.107. The van der Waals surface area contributed by atoms with E-state index in [1.807, 2.05) is 11.7 Å². The Morgan fingerprint density at radius 3 is 3.25 bits per heavy atom. The van der Waals surface area contributed by atoms with Crippen LogP contribution in [-0.4, -0.2) is 35.5 Å². The molecule has 1 aliphatic rings. The summed E-state index contributed by atoms with van der Waals surface area (Å²) in [5.74, 6) is -0.107. The Kier molecular flexibility index (Phi) is 3.90. The van der Waals surface area contributed by atoms with Gasteiger partial charge >= 0.3 is 5.97 Å². The monoisotopic (exact) mass is 240 g/mol. The first-order valence-electron chi connectivity index (χ1n) is 5.50. The molecule has 16 heavy (non-hydrogen) atoms. The third kappa shape index (κ3) is 2.59. The lowest BCUT2D eigenvalue weighted by Gasteiger charge is -2.33. The standard InChI is InChI=1S/C11H16N2O2S/c1-15-11(14)10-4-2-3-5-13(10)7-9-6-12-8-16-9/h6,8,10H,2-5,7H2,1H3. The smallest absolute Gasteiger partial charge is 0.323 e. The molecule has 4 nitrogen and oxygen atoms in total. The van der Waals surface area contributed by atoms with Crippen LogP contribution in [-0.2, 0) is 16.1 Å². The molecule has 0 aliphatic carbocycles. The summed E-state index contributed by atoms with van der Waals surface area (Å²) in [6.07, 6.45) is 5.05. The van der Waals surface area contributed by atoms with Crippen LogP contribution < -0.4 is 0 Å². The van der Waals surface area contributed by atoms with Crippen molar-refractivity contribution in [3.05, 3.63) is 16.6 Å². The predicted molar refractivity (Wildman–Crippen MR) is 62.2 cm³/mol. The van der Waals surface area contributed by atoms with E-state index in [4.69, 9.17) is 4.74 Å². The number of esters is 1. The van der Waals surface area contributed by atoms with E-state index in [-0.39, 0.29) is 12.0 Å². The number of thiazole rings is 1. The van der Waals surface area contributed by atoms with E-state index in [1.165, 1.54) is 12.0 Å². The number of ether oxygens (including phenoxy) is 1. The second-order valence-corrected chi connectivity index (χ2v) is 4.94. The van der Waals surface area contributed by atoms with Crippen molar-refractivity contribution in [1.82, 2.24) is 9.88 Å². The molecule has 1 atom stereocenters. The zero-order valence-electron chi connectivity index (χ0n) is 9.39. The van der Waals surface area contributed by atoms with E-state index < -0.39 is 0 Å². The quantitative estimate of drug-likeness (QED) is 0.754. The van der Waals surface area contributed by atoms with Crippen LogP contribution in [0.3, 0.4) is 0 Å². The lowest BCUT2D eigenvalue weighted by molar-refractivity contribution is -0.148. The Hall–Kier alpha value is -0.940. The second-order valence-electron chi connectivity index (χ2n) is 3.97. The van der Waals surface area contributed by atoms with Gasteiger partial charge in [0.05, 0.1) is 12.6 Å². The molecule has 1 aliphatic heterocycles. The van der Waals surface area contributed by atoms with Crippen molar-refractivity contribution < 1.29 is 9.53 Å². The van der Waals surface area contributed by atoms with Crippen molar-refractivity contribution in [3.8, 4) is 0 Å². The number of methoxy groups -OCH3 is 1. The van der Waals surface area contributed by atoms with Crippen LogP contribution in [0, 0.1) is 0 Å². The zero-order valence-corrected chi connectivity index (χ0v) is 10.2. The number of aromatic nitrogens is 1. The molecule has 0 radical (unpaired) electrons. The summed E-state index contributed by atoms with van der Waals surface area (Å²) >= 11 is 1.63. The van der Waals surface area contributed by atoms with E-state index in [0.717, 1.165) is 32.4 Å². The highest BCUT2D eigenvalue weighted by atomic mass is 32.1. The van der Waals surface area contributed by atoms with E-state index >= 15 is 0 Å². The third-order valence-electron chi connectivity index (χ3n) is 2.93. The Morgan fingerprint density at radius 1 is 1.69 bits per heavy atom. The second kappa shape index (κ2) is 5.41. The van der Waals surface area contributed by atoms with Gasteiger partial charge in [-0.1, -0.05) is 6.42 Å². The average molecular weight is 240 g/mol. The van der Waals surface area contributed by atoms with Gasteiger partial charge in [0.15, 0.2) is 0 Å². The number of nitrogens with zero attached hydrogens (tertiary/aromatic N) is 2. The normalized spacial score (nSPS) is 21.9. The predicted octanol–water partition coefficient (Wildman–Crippen LogP) is 1.67. The molecule has 0 N–H and O–H groups in total. The molecule has 0 spiro atoms. The van der Waals surface area contributed by atoms with Crippen LogP contribution in [0.2, 0.25) is 0 Å². The van der Waals surface area contributed by atoms with Crippen LogP contribution in [0.15, 0.2) is 11.7 Å². The highest BCUT2D eigenvalue weighted by Gasteiger charge is 2.29. The molecular formula is C11H16N2O2S. The third-order valence-corrected chi connectivity index (χ3v) is 3.69. The Balaban J connectivity index is 2.02. The van der Waals surface area contributed by atoms with Gasteiger partial charge in [0.25, 0.3) is 0 Å². The minimum Gasteiger partial charge on any atom is -0.468 e. The molecule has 0 aromatic carbocycles. The Morgan fingerprint density at radius 2 is 2.56 bits per heavy atom. The largest absolute Gasteiger partial charge is 0.468 e. The van der Waals surface area contributed by atoms with Crippen molar-refractivity contribution in [2.75, 3.05) is 13.7 Å². The lowest BCUT2D eigenvalue weighted by atomic mass is 10.0. The average Bonchev–Trinajstić information content (AvgIpc) is 2.82. The summed E-state index contributed by atoms with van der Waals surface area (Å²) in [7, 11) is 1.46. The molecule has 1 aromatic rings. The molecule has 1 unspecified atom stereocenters. The van der Waals surface area contributed by atoms with Crippen molar-refractivity contribution in [2.24, 2.45) is 0 Å². The molecular weight excluding hydrogens is 224 g/mol. The van der Waals surface area contributed by atoms with Gasteiger partial charge in [0, 0.05) is 17.6 Å². The number of rotatable bonds is 3. The van der Waals surface area contributed by atoms with Crippen molar-refractivity contribution in [2.45, 2.75) is 31.8 Å². The zero-order chi connectivity index (χ0) is 11.4. The highest BCUT2D eigenvalue weighted by molar-refractivity contribution is 7.09. The number of likely N-dealkylation sites (tertiary alicyclic amines) is 1. The molecule has 2 rings (SSSR count). The molecule has 0 saturated carbocycles. The molecule has 0 amide bonds. The number of piperidine rings is 1. The number of hydrogen-bond donors (Lipinski definition) is 0. The summed E-state index contributed by atoms with van der Waals surface area (Å²) in [5, 5.41) is 0. The summed E-state index contributed by atoms with van der Waals surface area (Å²) in [6.45, 7) is 1.78. The van der Waals surface area contributed by atoms with Gasteiger partial charge in [0.1, 0.15) is 6.04 Å². The van der Waals surface area contributed by atoms with Crippen molar-refractivity contribution >= 4 is 17.3 Å². The van der Waals surface area contributed by atoms with Gasteiger partial charge in [-0.15, -0.1) is 11.3 Å². The van der Waals surface area contributed by atoms with Gasteiger partial charge in [-0.2, -0.15) is 0 Å². The number of hydrogen-bond acceptors (Lipinski definition) is 5. The summed E-state index contributed by atoms with van der Waals surface area (Å²) in [5.41, 5.74) is 1.83. The fraction of sp³-hybridized carbons (Fsp3) is 0.636. The minimum absolute atomic E-state index is 0.0687. The highest BCUT2D eigenvalue weighted by Crippen LogP contribution is 2.21. The summed E-state index contributed by atoms with van der Waals surface area (Å²) < 4.78 is 4.85. The Bertz CT molecular complexity index is 340. The van der Waals surface area contributed by atoms with Crippen LogP contribution >= 0.6 is 11.3 Å². The van der Waals surface area contributed by atoms with E-state index in [1.54, 1.807) is 11.3 Å². The first-order valence-corrected chi connectivity index (χ1v) is 6.38. The molecule has 5 heteroatoms. The maximum absolute atomic E-state index is 11.6. The fourth-order valence-electron chi connectivity index (χ4n) is 2.10. The first-order chi connectivity index (χ1) is 7.81. The number of carbonyl (C=O) groups is 1. The van der Waals surface area contributed by atoms with Crippen LogP contribution in [0.1, 0.15) is 24.1 Å². The van der Waals surface area contributed by atoms with Gasteiger partial charge in [-0.3, -0.25) is 14.7 Å². The maximum Gasteiger partial charge on any atom is 0.323 e. The van der Waals surface area contributed by atoms with Gasteiger partial charge in [0.2, 0.25) is 0 Å². The molecule has 2 heterocycles. The summed E-state index contributed by atoms with van der Waals surface area (Å²) in [6, 6.07) is -0.0687. The lowest BCUT2D eigenvalue weighted by Crippen LogP contribution is -2.44. The van der Waals surface area contributed by atoms with Crippen LogP contribution in [0.25, 0.3) is 0 Å². The summed E-state index contributed by atoms with van der Waals surface area (Å²) in [4.78, 5) is 19.1. The van der Waals surface area contributed by atoms with Gasteiger partial charge < -0.3 is 4.74 Å². The molecule has 1 saturated heterocycles. The first kappa shape index (κ1) is 11.5. The Labute approximate surface area is 99.2 Å². The fourth-order valence-corrected chi connectivity index (χ4v) is 2.72. The van der Waals surface area contributed by atoms with Crippen molar-refractivity contribution in [1.29, 1.82) is 0 Å². The SMILES string of the molecule is COC(=O)C1CCCCN1Cc1cncs1. The maximum atomic E-state index is 11.6. The van der Waals surface area contributed by atoms with Crippen LogP contribution in [0.5, 0.6) is 0 Å². The van der Waals surface area contributed by atoms with E-state index in [0.29, 0.717) is 0 Å². The molecule has 1 fully saturated rings. The van der Waals surface area contributed by atoms with Gasteiger partial charge in [-0.05, 0) is 19.4 Å². The van der Waals surface area contributed by atoms with Gasteiger partial charge in [-0.25, -0.2) is 0 Å². The molecule has 88 valence electrons. The number of carbonyl (C=O) groups excluding carboxylic acids is 1. The van der Waals surface area contributed by atoms with Crippen LogP contribution in [0.4, 0.5) is 0 Å². The van der Waals surface area contributed by atoms with Crippen molar-refractivity contribution in [3.63, 3.8) is 0 Å². The topological polar surface area (TPSA) is 42.4 Å².